The van der Waals surface area contributed by atoms with Crippen LogP contribution in [0.3, 0.4) is 0 Å². The molecule has 1 heteroatoms. The Morgan fingerprint density at radius 2 is 1.44 bits per heavy atom. The largest absolute Gasteiger partial charge is 0.295 e. The highest BCUT2D eigenvalue weighted by molar-refractivity contribution is 5.91. The normalized spacial score (nSPS) is 29.9. The van der Waals surface area contributed by atoms with Crippen LogP contribution in [0.2, 0.25) is 0 Å². The van der Waals surface area contributed by atoms with Crippen molar-refractivity contribution in [3.05, 3.63) is 48.0 Å². The van der Waals surface area contributed by atoms with E-state index in [1.165, 1.54) is 75.8 Å². The number of rotatable bonds is 7. The predicted molar refractivity (Wildman–Crippen MR) is 115 cm³/mol. The third-order valence-corrected chi connectivity index (χ3v) is 7.55. The lowest BCUT2D eigenvalue weighted by Gasteiger charge is -2.32. The minimum Gasteiger partial charge on any atom is -0.295 e. The minimum absolute atomic E-state index is 0.147. The maximum atomic E-state index is 11.9. The zero-order valence-electron chi connectivity index (χ0n) is 17.5. The lowest BCUT2D eigenvalue weighted by atomic mass is 9.73. The molecule has 0 radical (unpaired) electrons. The van der Waals surface area contributed by atoms with E-state index in [0.717, 1.165) is 11.8 Å². The second-order valence-electron chi connectivity index (χ2n) is 9.18. The molecule has 1 nitrogen and oxygen atoms in total. The van der Waals surface area contributed by atoms with E-state index >= 15 is 0 Å². The molecule has 1 aromatic carbocycles. The van der Waals surface area contributed by atoms with E-state index in [-0.39, 0.29) is 11.7 Å². The average molecular weight is 367 g/mol. The summed E-state index contributed by atoms with van der Waals surface area (Å²) in [5, 5.41) is 0. The zero-order valence-corrected chi connectivity index (χ0v) is 17.5. The van der Waals surface area contributed by atoms with Crippen LogP contribution in [-0.4, -0.2) is 5.78 Å². The van der Waals surface area contributed by atoms with Crippen LogP contribution in [0.15, 0.2) is 36.9 Å². The summed E-state index contributed by atoms with van der Waals surface area (Å²) in [6, 6.07) is 9.62. The van der Waals surface area contributed by atoms with Crippen molar-refractivity contribution in [2.45, 2.75) is 89.9 Å². The van der Waals surface area contributed by atoms with Crippen LogP contribution in [0.4, 0.5) is 0 Å². The molecule has 2 aliphatic rings. The molecule has 1 aromatic rings. The van der Waals surface area contributed by atoms with E-state index in [0.29, 0.717) is 11.8 Å². The molecular weight excluding hydrogens is 328 g/mol. The van der Waals surface area contributed by atoms with Crippen LogP contribution < -0.4 is 0 Å². The summed E-state index contributed by atoms with van der Waals surface area (Å²) < 4.78 is 0. The quantitative estimate of drug-likeness (QED) is 0.459. The Hall–Kier alpha value is -1.37. The van der Waals surface area contributed by atoms with E-state index in [1.807, 2.05) is 0 Å². The van der Waals surface area contributed by atoms with Crippen molar-refractivity contribution in [2.24, 2.45) is 17.8 Å². The van der Waals surface area contributed by atoms with Gasteiger partial charge in [-0.1, -0.05) is 57.5 Å². The van der Waals surface area contributed by atoms with E-state index in [2.05, 4.69) is 44.7 Å². The fourth-order valence-electron chi connectivity index (χ4n) is 5.60. The maximum absolute atomic E-state index is 11.9. The van der Waals surface area contributed by atoms with Gasteiger partial charge in [-0.2, -0.15) is 0 Å². The van der Waals surface area contributed by atoms with Crippen LogP contribution in [0, 0.1) is 17.8 Å². The van der Waals surface area contributed by atoms with Gasteiger partial charge in [0, 0.05) is 5.92 Å². The van der Waals surface area contributed by atoms with E-state index in [1.54, 1.807) is 5.56 Å². The standard InChI is InChI=1S/C26H38O/c1-4-6-20-7-9-22(10-8-20)24-15-17-25(18-16-24)23-13-11-21(12-14-23)19(3)26(27)5-2/h5,15-23H,2,4,6-14H2,1,3H3. The first-order valence-electron chi connectivity index (χ1n) is 11.4. The maximum Gasteiger partial charge on any atom is 0.158 e. The summed E-state index contributed by atoms with van der Waals surface area (Å²) in [4.78, 5) is 11.9. The Morgan fingerprint density at radius 3 is 1.89 bits per heavy atom. The summed E-state index contributed by atoms with van der Waals surface area (Å²) in [5.41, 5.74) is 3.08. The van der Waals surface area contributed by atoms with Gasteiger partial charge in [0.2, 0.25) is 0 Å². The molecule has 0 N–H and O–H groups in total. The third kappa shape index (κ3) is 5.12. The summed E-state index contributed by atoms with van der Waals surface area (Å²) in [7, 11) is 0. The monoisotopic (exact) mass is 366 g/mol. The molecule has 0 aliphatic heterocycles. The van der Waals surface area contributed by atoms with Crippen molar-refractivity contribution < 1.29 is 4.79 Å². The van der Waals surface area contributed by atoms with Crippen molar-refractivity contribution in [3.63, 3.8) is 0 Å². The predicted octanol–water partition coefficient (Wildman–Crippen LogP) is 7.43. The fourth-order valence-corrected chi connectivity index (χ4v) is 5.60. The highest BCUT2D eigenvalue weighted by Crippen LogP contribution is 2.41. The number of carbonyl (C=O) groups is 1. The second-order valence-corrected chi connectivity index (χ2v) is 9.18. The Morgan fingerprint density at radius 1 is 0.963 bits per heavy atom. The first kappa shape index (κ1) is 20.4. The summed E-state index contributed by atoms with van der Waals surface area (Å²) in [6.07, 6.45) is 14.7. The topological polar surface area (TPSA) is 17.1 Å². The summed E-state index contributed by atoms with van der Waals surface area (Å²) in [5.74, 6) is 3.36. The number of carbonyl (C=O) groups excluding carboxylic acids is 1. The molecule has 3 rings (SSSR count). The van der Waals surface area contributed by atoms with Crippen molar-refractivity contribution in [1.82, 2.24) is 0 Å². The van der Waals surface area contributed by atoms with Gasteiger partial charge in [-0.05, 0) is 92.2 Å². The molecule has 1 atom stereocenters. The average Bonchev–Trinajstić information content (AvgIpc) is 2.74. The summed E-state index contributed by atoms with van der Waals surface area (Å²) >= 11 is 0. The molecule has 0 saturated heterocycles. The minimum atomic E-state index is 0.147. The Labute approximate surface area is 166 Å². The van der Waals surface area contributed by atoms with Gasteiger partial charge in [-0.25, -0.2) is 0 Å². The molecule has 2 aliphatic carbocycles. The van der Waals surface area contributed by atoms with E-state index in [4.69, 9.17) is 0 Å². The van der Waals surface area contributed by atoms with E-state index < -0.39 is 0 Å². The molecule has 0 amide bonds. The lowest BCUT2D eigenvalue weighted by Crippen LogP contribution is -2.24. The van der Waals surface area contributed by atoms with Crippen LogP contribution >= 0.6 is 0 Å². The molecule has 0 spiro atoms. The van der Waals surface area contributed by atoms with Gasteiger partial charge in [0.1, 0.15) is 0 Å². The van der Waals surface area contributed by atoms with Crippen LogP contribution in [0.25, 0.3) is 0 Å². The second kappa shape index (κ2) is 9.71. The smallest absolute Gasteiger partial charge is 0.158 e. The van der Waals surface area contributed by atoms with Crippen molar-refractivity contribution in [1.29, 1.82) is 0 Å². The van der Waals surface area contributed by atoms with Gasteiger partial charge in [0.05, 0.1) is 0 Å². The molecule has 148 valence electrons. The fraction of sp³-hybridized carbons (Fsp3) is 0.654. The number of hydrogen-bond acceptors (Lipinski definition) is 1. The number of ketones is 1. The van der Waals surface area contributed by atoms with Gasteiger partial charge < -0.3 is 0 Å². The van der Waals surface area contributed by atoms with Crippen LogP contribution in [-0.2, 0) is 4.79 Å². The van der Waals surface area contributed by atoms with Gasteiger partial charge in [-0.3, -0.25) is 4.79 Å². The summed E-state index contributed by atoms with van der Waals surface area (Å²) in [6.45, 7) is 8.05. The van der Waals surface area contributed by atoms with Crippen LogP contribution in [0.1, 0.15) is 101 Å². The number of allylic oxidation sites excluding steroid dienone is 1. The molecular formula is C26H38O. The molecule has 0 aromatic heterocycles. The lowest BCUT2D eigenvalue weighted by molar-refractivity contribution is -0.119. The van der Waals surface area contributed by atoms with Gasteiger partial charge in [0.25, 0.3) is 0 Å². The molecule has 27 heavy (non-hydrogen) atoms. The first-order chi connectivity index (χ1) is 13.1. The van der Waals surface area contributed by atoms with Crippen molar-refractivity contribution in [2.75, 3.05) is 0 Å². The van der Waals surface area contributed by atoms with Crippen LogP contribution in [0.5, 0.6) is 0 Å². The SMILES string of the molecule is C=CC(=O)C(C)C1CCC(c2ccc(C3CCC(CCC)CC3)cc2)CC1. The van der Waals surface area contributed by atoms with Gasteiger partial charge >= 0.3 is 0 Å². The Bertz CT molecular complexity index is 598. The molecule has 0 heterocycles. The molecule has 2 fully saturated rings. The third-order valence-electron chi connectivity index (χ3n) is 7.55. The molecule has 1 unspecified atom stereocenters. The molecule has 2 saturated carbocycles. The van der Waals surface area contributed by atoms with Gasteiger partial charge in [0.15, 0.2) is 5.78 Å². The number of benzene rings is 1. The van der Waals surface area contributed by atoms with Gasteiger partial charge in [-0.15, -0.1) is 0 Å². The Balaban J connectivity index is 1.51. The zero-order chi connectivity index (χ0) is 19.2. The highest BCUT2D eigenvalue weighted by Gasteiger charge is 2.28. The van der Waals surface area contributed by atoms with Crippen molar-refractivity contribution in [3.8, 4) is 0 Å². The molecule has 0 bridgehead atoms. The first-order valence-corrected chi connectivity index (χ1v) is 11.4. The number of hydrogen-bond donors (Lipinski definition) is 0. The highest BCUT2D eigenvalue weighted by atomic mass is 16.1. The van der Waals surface area contributed by atoms with E-state index in [9.17, 15) is 4.79 Å². The van der Waals surface area contributed by atoms with Crippen molar-refractivity contribution >= 4 is 5.78 Å². The Kier molecular flexibility index (Phi) is 7.33.